The molecule has 3 atom stereocenters. The SMILES string of the molecule is CS(=O)(=O)C1CCCC1N1CCS(=O)(=O)CC1CC(=O)O. The monoisotopic (exact) mass is 339 g/mol. The molecule has 1 aliphatic heterocycles. The number of nitrogens with zero attached hydrogens (tertiary/aromatic N) is 1. The van der Waals surface area contributed by atoms with Crippen LogP contribution in [0, 0.1) is 0 Å². The van der Waals surface area contributed by atoms with Gasteiger partial charge in [-0.25, -0.2) is 16.8 Å². The third kappa shape index (κ3) is 3.95. The molecule has 0 aromatic carbocycles. The molecular weight excluding hydrogens is 318 g/mol. The number of aliphatic carboxylic acids is 1. The fraction of sp³-hybridized carbons (Fsp3) is 0.917. The average Bonchev–Trinajstić information content (AvgIpc) is 2.75. The maximum absolute atomic E-state index is 11.9. The molecule has 1 aliphatic carbocycles. The molecule has 1 N–H and O–H groups in total. The van der Waals surface area contributed by atoms with Crippen LogP contribution in [0.15, 0.2) is 0 Å². The van der Waals surface area contributed by atoms with Crippen LogP contribution in [-0.2, 0) is 24.5 Å². The van der Waals surface area contributed by atoms with Gasteiger partial charge in [0.1, 0.15) is 0 Å². The molecule has 1 saturated heterocycles. The van der Waals surface area contributed by atoms with Gasteiger partial charge in [0.05, 0.1) is 23.2 Å². The molecular formula is C12H21NO6S2. The van der Waals surface area contributed by atoms with Crippen molar-refractivity contribution in [1.82, 2.24) is 4.90 Å². The molecule has 0 radical (unpaired) electrons. The van der Waals surface area contributed by atoms with Gasteiger partial charge in [-0.3, -0.25) is 9.69 Å². The van der Waals surface area contributed by atoms with Crippen molar-refractivity contribution >= 4 is 25.6 Å². The molecule has 0 bridgehead atoms. The summed E-state index contributed by atoms with van der Waals surface area (Å²) in [6, 6.07) is -0.895. The number of carboxylic acid groups (broad SMARTS) is 1. The molecule has 2 fully saturated rings. The Bertz CT molecular complexity index is 612. The Morgan fingerprint density at radius 2 is 2.00 bits per heavy atom. The zero-order valence-corrected chi connectivity index (χ0v) is 13.6. The van der Waals surface area contributed by atoms with Gasteiger partial charge in [-0.1, -0.05) is 6.42 Å². The number of sulfone groups is 2. The molecule has 21 heavy (non-hydrogen) atoms. The molecule has 2 rings (SSSR count). The summed E-state index contributed by atoms with van der Waals surface area (Å²) in [5.41, 5.74) is 0. The van der Waals surface area contributed by atoms with Crippen molar-refractivity contribution in [1.29, 1.82) is 0 Å². The van der Waals surface area contributed by atoms with E-state index in [9.17, 15) is 21.6 Å². The summed E-state index contributed by atoms with van der Waals surface area (Å²) in [5.74, 6) is -1.29. The Hall–Kier alpha value is -0.670. The molecule has 122 valence electrons. The van der Waals surface area contributed by atoms with Gasteiger partial charge in [0.15, 0.2) is 19.7 Å². The van der Waals surface area contributed by atoms with E-state index >= 15 is 0 Å². The van der Waals surface area contributed by atoms with Gasteiger partial charge >= 0.3 is 5.97 Å². The summed E-state index contributed by atoms with van der Waals surface area (Å²) in [6.07, 6.45) is 2.93. The predicted octanol–water partition coefficient (Wildman–Crippen LogP) is -0.474. The Morgan fingerprint density at radius 3 is 2.57 bits per heavy atom. The van der Waals surface area contributed by atoms with E-state index in [-0.39, 0.29) is 30.5 Å². The number of hydrogen-bond acceptors (Lipinski definition) is 6. The van der Waals surface area contributed by atoms with Gasteiger partial charge < -0.3 is 5.11 Å². The maximum atomic E-state index is 11.9. The summed E-state index contributed by atoms with van der Waals surface area (Å²) in [5, 5.41) is 8.46. The lowest BCUT2D eigenvalue weighted by Gasteiger charge is -2.40. The van der Waals surface area contributed by atoms with Gasteiger partial charge in [0.25, 0.3) is 0 Å². The number of rotatable bonds is 4. The zero-order valence-electron chi connectivity index (χ0n) is 11.9. The van der Waals surface area contributed by atoms with E-state index in [0.717, 1.165) is 6.42 Å². The molecule has 7 nitrogen and oxygen atoms in total. The second-order valence-electron chi connectivity index (χ2n) is 5.97. The molecule has 1 heterocycles. The summed E-state index contributed by atoms with van der Waals surface area (Å²) < 4.78 is 47.3. The maximum Gasteiger partial charge on any atom is 0.304 e. The van der Waals surface area contributed by atoms with Crippen LogP contribution in [0.4, 0.5) is 0 Å². The third-order valence-electron chi connectivity index (χ3n) is 4.38. The van der Waals surface area contributed by atoms with Gasteiger partial charge in [0.2, 0.25) is 0 Å². The van der Waals surface area contributed by atoms with E-state index in [2.05, 4.69) is 0 Å². The Kier molecular flexibility index (Phi) is 4.65. The number of carboxylic acids is 1. The second kappa shape index (κ2) is 5.85. The van der Waals surface area contributed by atoms with E-state index in [0.29, 0.717) is 12.8 Å². The first-order chi connectivity index (χ1) is 9.60. The van der Waals surface area contributed by atoms with E-state index in [1.807, 2.05) is 4.90 Å². The molecule has 2 aliphatic rings. The molecule has 0 spiro atoms. The van der Waals surface area contributed by atoms with Crippen LogP contribution in [0.2, 0.25) is 0 Å². The highest BCUT2D eigenvalue weighted by atomic mass is 32.2. The highest BCUT2D eigenvalue weighted by Crippen LogP contribution is 2.32. The van der Waals surface area contributed by atoms with Gasteiger partial charge in [-0.05, 0) is 12.8 Å². The molecule has 3 unspecified atom stereocenters. The minimum Gasteiger partial charge on any atom is -0.481 e. The van der Waals surface area contributed by atoms with E-state index < -0.39 is 36.9 Å². The first-order valence-corrected chi connectivity index (χ1v) is 10.7. The van der Waals surface area contributed by atoms with E-state index in [1.54, 1.807) is 0 Å². The highest BCUT2D eigenvalue weighted by molar-refractivity contribution is 7.91. The lowest BCUT2D eigenvalue weighted by atomic mass is 10.1. The molecule has 1 saturated carbocycles. The third-order valence-corrected chi connectivity index (χ3v) is 7.73. The smallest absolute Gasteiger partial charge is 0.304 e. The zero-order chi connectivity index (χ0) is 15.8. The molecule has 0 aromatic rings. The minimum absolute atomic E-state index is 0.0316. The van der Waals surface area contributed by atoms with Crippen molar-refractivity contribution in [2.45, 2.75) is 43.0 Å². The van der Waals surface area contributed by atoms with Gasteiger partial charge in [0, 0.05) is 24.9 Å². The summed E-state index contributed by atoms with van der Waals surface area (Å²) in [7, 11) is -6.47. The molecule has 0 aromatic heterocycles. The number of carbonyl (C=O) groups is 1. The van der Waals surface area contributed by atoms with Crippen LogP contribution in [0.3, 0.4) is 0 Å². The van der Waals surface area contributed by atoms with Crippen molar-refractivity contribution in [3.05, 3.63) is 0 Å². The van der Waals surface area contributed by atoms with Crippen molar-refractivity contribution in [3.63, 3.8) is 0 Å². The topological polar surface area (TPSA) is 109 Å². The predicted molar refractivity (Wildman–Crippen MR) is 77.7 cm³/mol. The lowest BCUT2D eigenvalue weighted by molar-refractivity contribution is -0.138. The van der Waals surface area contributed by atoms with Crippen LogP contribution in [0.25, 0.3) is 0 Å². The van der Waals surface area contributed by atoms with Crippen molar-refractivity contribution < 1.29 is 26.7 Å². The van der Waals surface area contributed by atoms with E-state index in [4.69, 9.17) is 5.11 Å². The van der Waals surface area contributed by atoms with Crippen LogP contribution >= 0.6 is 0 Å². The summed E-state index contributed by atoms with van der Waals surface area (Å²) >= 11 is 0. The second-order valence-corrected chi connectivity index (χ2v) is 10.5. The van der Waals surface area contributed by atoms with Gasteiger partial charge in [-0.15, -0.1) is 0 Å². The lowest BCUT2D eigenvalue weighted by Crippen LogP contribution is -2.56. The quantitative estimate of drug-likeness (QED) is 0.737. The van der Waals surface area contributed by atoms with Crippen LogP contribution in [0.5, 0.6) is 0 Å². The van der Waals surface area contributed by atoms with Crippen LogP contribution < -0.4 is 0 Å². The van der Waals surface area contributed by atoms with Crippen LogP contribution in [0.1, 0.15) is 25.7 Å². The van der Waals surface area contributed by atoms with Crippen molar-refractivity contribution in [2.75, 3.05) is 24.3 Å². The molecule has 9 heteroatoms. The Labute approximate surface area is 125 Å². The first-order valence-electron chi connectivity index (χ1n) is 6.97. The van der Waals surface area contributed by atoms with Crippen LogP contribution in [-0.4, -0.2) is 74.5 Å². The van der Waals surface area contributed by atoms with Crippen molar-refractivity contribution in [2.24, 2.45) is 0 Å². The average molecular weight is 339 g/mol. The summed E-state index contributed by atoms with van der Waals surface area (Å²) in [6.45, 7) is 0.219. The fourth-order valence-electron chi connectivity index (χ4n) is 3.50. The van der Waals surface area contributed by atoms with Gasteiger partial charge in [-0.2, -0.15) is 0 Å². The van der Waals surface area contributed by atoms with E-state index in [1.165, 1.54) is 6.26 Å². The standard InChI is InChI=1S/C12H21NO6S2/c1-20(16,17)11-4-2-3-10(11)13-5-6-21(18,19)8-9(13)7-12(14)15/h9-11H,2-8H2,1H3,(H,14,15). The molecule has 0 amide bonds. The van der Waals surface area contributed by atoms with Crippen molar-refractivity contribution in [3.8, 4) is 0 Å². The summed E-state index contributed by atoms with van der Waals surface area (Å²) in [4.78, 5) is 12.8. The highest BCUT2D eigenvalue weighted by Gasteiger charge is 2.44. The fourth-order valence-corrected chi connectivity index (χ4v) is 6.51. The Morgan fingerprint density at radius 1 is 1.33 bits per heavy atom. The minimum atomic E-state index is -3.25. The largest absolute Gasteiger partial charge is 0.481 e. The number of hydrogen-bond donors (Lipinski definition) is 1. The first kappa shape index (κ1) is 16.7. The Balaban J connectivity index is 2.25. The normalized spacial score (nSPS) is 33.9.